The van der Waals surface area contributed by atoms with Gasteiger partial charge in [0.05, 0.1) is 0 Å². The molecule has 0 aromatic carbocycles. The molecule has 0 radical (unpaired) electrons. The normalized spacial score (nSPS) is 20.8. The third-order valence-electron chi connectivity index (χ3n) is 2.50. The third kappa shape index (κ3) is 2.12. The number of hydrogen-bond acceptors (Lipinski definition) is 0. The van der Waals surface area contributed by atoms with Gasteiger partial charge in [0.2, 0.25) is 0 Å². The molecule has 0 amide bonds. The summed E-state index contributed by atoms with van der Waals surface area (Å²) in [5.41, 5.74) is 2.90. The molecule has 0 unspecified atom stereocenters. The Hall–Kier alpha value is -1.22. The second kappa shape index (κ2) is 3.66. The fourth-order valence-corrected chi connectivity index (χ4v) is 1.75. The predicted molar refractivity (Wildman–Crippen MR) is 58.2 cm³/mol. The highest BCUT2D eigenvalue weighted by Gasteiger charge is 2.23. The summed E-state index contributed by atoms with van der Waals surface area (Å²) in [6.07, 6.45) is 14.5. The van der Waals surface area contributed by atoms with Crippen LogP contribution in [-0.2, 0) is 0 Å². The molecule has 0 nitrogen and oxygen atoms in total. The van der Waals surface area contributed by atoms with Gasteiger partial charge in [-0.1, -0.05) is 31.9 Å². The molecular formula is C13H16. The summed E-state index contributed by atoms with van der Waals surface area (Å²) in [5.74, 6) is 2.53. The highest BCUT2D eigenvalue weighted by Crippen LogP contribution is 2.37. The first-order valence-corrected chi connectivity index (χ1v) is 4.58. The van der Waals surface area contributed by atoms with Gasteiger partial charge in [-0.2, -0.15) is 0 Å². The van der Waals surface area contributed by atoms with E-state index in [2.05, 4.69) is 44.9 Å². The van der Waals surface area contributed by atoms with Crippen LogP contribution in [0.3, 0.4) is 0 Å². The number of allylic oxidation sites excluding steroid dienone is 6. The second-order valence-corrected chi connectivity index (χ2v) is 4.09. The molecule has 0 saturated heterocycles. The number of terminal acetylenes is 1. The Morgan fingerprint density at radius 2 is 2.23 bits per heavy atom. The molecule has 0 atom stereocenters. The maximum Gasteiger partial charge on any atom is -0.00662 e. The molecule has 0 heterocycles. The van der Waals surface area contributed by atoms with E-state index in [9.17, 15) is 0 Å². The molecule has 0 aromatic heterocycles. The molecular weight excluding hydrogens is 156 g/mol. The molecule has 1 aliphatic carbocycles. The van der Waals surface area contributed by atoms with Crippen molar-refractivity contribution in [2.24, 2.45) is 5.41 Å². The van der Waals surface area contributed by atoms with Crippen molar-refractivity contribution in [1.29, 1.82) is 0 Å². The number of hydrogen-bond donors (Lipinski definition) is 0. The molecule has 0 spiro atoms. The van der Waals surface area contributed by atoms with Crippen molar-refractivity contribution in [3.63, 3.8) is 0 Å². The molecule has 0 fully saturated rings. The van der Waals surface area contributed by atoms with Gasteiger partial charge in [-0.25, -0.2) is 0 Å². The van der Waals surface area contributed by atoms with Crippen LogP contribution < -0.4 is 0 Å². The van der Waals surface area contributed by atoms with Crippen molar-refractivity contribution in [1.82, 2.24) is 0 Å². The predicted octanol–water partition coefficient (Wildman–Crippen LogP) is 3.48. The zero-order valence-electron chi connectivity index (χ0n) is 8.59. The summed E-state index contributed by atoms with van der Waals surface area (Å²) in [5, 5.41) is 0. The van der Waals surface area contributed by atoms with Crippen LogP contribution in [0, 0.1) is 17.8 Å². The lowest BCUT2D eigenvalue weighted by Gasteiger charge is -2.29. The fraction of sp³-hybridized carbons (Fsp3) is 0.385. The van der Waals surface area contributed by atoms with Gasteiger partial charge in [0.1, 0.15) is 0 Å². The number of rotatable bonds is 1. The molecule has 13 heavy (non-hydrogen) atoms. The Morgan fingerprint density at radius 3 is 2.77 bits per heavy atom. The molecule has 0 N–H and O–H groups in total. The van der Waals surface area contributed by atoms with Gasteiger partial charge >= 0.3 is 0 Å². The molecule has 0 aromatic rings. The van der Waals surface area contributed by atoms with Gasteiger partial charge in [0, 0.05) is 0 Å². The highest BCUT2D eigenvalue weighted by atomic mass is 14.3. The summed E-state index contributed by atoms with van der Waals surface area (Å²) in [4.78, 5) is 0. The Balaban J connectivity index is 3.06. The second-order valence-electron chi connectivity index (χ2n) is 4.09. The van der Waals surface area contributed by atoms with Crippen molar-refractivity contribution in [2.45, 2.75) is 27.2 Å². The summed E-state index contributed by atoms with van der Waals surface area (Å²) < 4.78 is 0. The van der Waals surface area contributed by atoms with Gasteiger partial charge in [0.15, 0.2) is 0 Å². The van der Waals surface area contributed by atoms with Gasteiger partial charge < -0.3 is 0 Å². The van der Waals surface area contributed by atoms with E-state index in [1.54, 1.807) is 6.08 Å². The van der Waals surface area contributed by atoms with E-state index < -0.39 is 0 Å². The highest BCUT2D eigenvalue weighted by molar-refractivity contribution is 5.41. The van der Waals surface area contributed by atoms with E-state index in [1.807, 2.05) is 0 Å². The van der Waals surface area contributed by atoms with Crippen molar-refractivity contribution in [2.75, 3.05) is 0 Å². The Morgan fingerprint density at radius 1 is 1.54 bits per heavy atom. The van der Waals surface area contributed by atoms with Gasteiger partial charge in [-0.05, 0) is 42.1 Å². The van der Waals surface area contributed by atoms with Gasteiger partial charge in [0.25, 0.3) is 0 Å². The topological polar surface area (TPSA) is 0 Å². The lowest BCUT2D eigenvalue weighted by atomic mass is 9.75. The van der Waals surface area contributed by atoms with Crippen LogP contribution in [0.1, 0.15) is 27.2 Å². The van der Waals surface area contributed by atoms with E-state index >= 15 is 0 Å². The van der Waals surface area contributed by atoms with Crippen molar-refractivity contribution in [3.05, 3.63) is 35.5 Å². The molecule has 0 aliphatic heterocycles. The molecule has 1 rings (SSSR count). The Bertz CT molecular complexity index is 316. The smallest absolute Gasteiger partial charge is 0.00662 e. The zero-order chi connectivity index (χ0) is 9.90. The van der Waals surface area contributed by atoms with Crippen LogP contribution in [0.4, 0.5) is 0 Å². The largest absolute Gasteiger partial charge is 0.115 e. The average Bonchev–Trinajstić information content (AvgIpc) is 2.02. The van der Waals surface area contributed by atoms with E-state index in [0.29, 0.717) is 0 Å². The summed E-state index contributed by atoms with van der Waals surface area (Å²) in [7, 11) is 0. The zero-order valence-corrected chi connectivity index (χ0v) is 8.59. The van der Waals surface area contributed by atoms with E-state index in [1.165, 1.54) is 11.1 Å². The first-order chi connectivity index (χ1) is 6.08. The van der Waals surface area contributed by atoms with E-state index in [4.69, 9.17) is 6.42 Å². The summed E-state index contributed by atoms with van der Waals surface area (Å²) in [6.45, 7) is 6.62. The van der Waals surface area contributed by atoms with Crippen LogP contribution in [0.15, 0.2) is 35.5 Å². The maximum atomic E-state index is 5.20. The first-order valence-electron chi connectivity index (χ1n) is 4.58. The van der Waals surface area contributed by atoms with Gasteiger partial charge in [-0.3, -0.25) is 0 Å². The molecule has 68 valence electrons. The Labute approximate surface area is 81.0 Å². The minimum atomic E-state index is 0.228. The standard InChI is InChI=1S/C13H16/c1-5-6-9-12-11(2)8-7-10-13(12,3)4/h1,6-9H,10H2,2-4H3/b9-6+. The average molecular weight is 172 g/mol. The van der Waals surface area contributed by atoms with Crippen LogP contribution in [-0.4, -0.2) is 0 Å². The summed E-state index contributed by atoms with van der Waals surface area (Å²) in [6, 6.07) is 0. The minimum Gasteiger partial charge on any atom is -0.115 e. The van der Waals surface area contributed by atoms with Crippen molar-refractivity contribution in [3.8, 4) is 12.3 Å². The van der Waals surface area contributed by atoms with Crippen LogP contribution in [0.25, 0.3) is 0 Å². The lowest BCUT2D eigenvalue weighted by molar-refractivity contribution is 0.456. The van der Waals surface area contributed by atoms with Crippen LogP contribution >= 0.6 is 0 Å². The lowest BCUT2D eigenvalue weighted by Crippen LogP contribution is -2.16. The van der Waals surface area contributed by atoms with Crippen LogP contribution in [0.5, 0.6) is 0 Å². The first kappa shape index (κ1) is 9.86. The monoisotopic (exact) mass is 172 g/mol. The molecule has 0 saturated carbocycles. The molecule has 1 aliphatic rings. The van der Waals surface area contributed by atoms with E-state index in [0.717, 1.165) is 6.42 Å². The molecule has 0 heteroatoms. The minimum absolute atomic E-state index is 0.228. The SMILES string of the molecule is C#C/C=C/C1=C(C)C=CCC1(C)C. The van der Waals surface area contributed by atoms with Crippen molar-refractivity contribution >= 4 is 0 Å². The maximum absolute atomic E-state index is 5.20. The van der Waals surface area contributed by atoms with Crippen LogP contribution in [0.2, 0.25) is 0 Å². The molecule has 0 bridgehead atoms. The summed E-state index contributed by atoms with van der Waals surface area (Å²) >= 11 is 0. The van der Waals surface area contributed by atoms with Crippen molar-refractivity contribution < 1.29 is 0 Å². The van der Waals surface area contributed by atoms with Gasteiger partial charge in [-0.15, -0.1) is 6.42 Å². The van der Waals surface area contributed by atoms with E-state index in [-0.39, 0.29) is 5.41 Å². The quantitative estimate of drug-likeness (QED) is 0.531. The fourth-order valence-electron chi connectivity index (χ4n) is 1.75. The third-order valence-corrected chi connectivity index (χ3v) is 2.50. The Kier molecular flexibility index (Phi) is 2.78.